The monoisotopic (exact) mass is 411 g/mol. The summed E-state index contributed by atoms with van der Waals surface area (Å²) in [6, 6.07) is 6.09. The normalized spacial score (nSPS) is 18.1. The van der Waals surface area contributed by atoms with Gasteiger partial charge in [0.25, 0.3) is 0 Å². The molecule has 1 aromatic carbocycles. The molecule has 9 heteroatoms. The third-order valence-electron chi connectivity index (χ3n) is 4.70. The Morgan fingerprint density at radius 2 is 1.93 bits per heavy atom. The number of ether oxygens (including phenoxy) is 1. The number of hydrogen-bond acceptors (Lipinski definition) is 6. The highest BCUT2D eigenvalue weighted by molar-refractivity contribution is 7.89. The fourth-order valence-electron chi connectivity index (χ4n) is 3.12. The second kappa shape index (κ2) is 9.99. The highest BCUT2D eigenvalue weighted by Gasteiger charge is 2.26. The summed E-state index contributed by atoms with van der Waals surface area (Å²) in [7, 11) is -0.547. The first-order chi connectivity index (χ1) is 13.2. The Morgan fingerprint density at radius 1 is 1.25 bits per heavy atom. The average molecular weight is 412 g/mol. The zero-order chi connectivity index (χ0) is 20.7. The molecule has 1 aromatic rings. The van der Waals surface area contributed by atoms with Crippen LogP contribution >= 0.6 is 0 Å². The SMILES string of the molecule is CCOC(=O)[C@H]1CCCN(CCC(=O)Nc2ccc(S(=O)(=O)N(C)C)cc2)C1. The van der Waals surface area contributed by atoms with Crippen LogP contribution in [-0.2, 0) is 24.3 Å². The molecule has 1 saturated heterocycles. The van der Waals surface area contributed by atoms with E-state index in [-0.39, 0.29) is 22.7 Å². The lowest BCUT2D eigenvalue weighted by atomic mass is 9.98. The highest BCUT2D eigenvalue weighted by atomic mass is 32.2. The summed E-state index contributed by atoms with van der Waals surface area (Å²) in [4.78, 5) is 26.4. The maximum atomic E-state index is 12.2. The highest BCUT2D eigenvalue weighted by Crippen LogP contribution is 2.19. The molecule has 2 rings (SSSR count). The van der Waals surface area contributed by atoms with Crippen molar-refractivity contribution in [2.45, 2.75) is 31.1 Å². The molecule has 0 radical (unpaired) electrons. The van der Waals surface area contributed by atoms with Gasteiger partial charge in [0.05, 0.1) is 17.4 Å². The van der Waals surface area contributed by atoms with Crippen molar-refractivity contribution in [2.75, 3.05) is 45.7 Å². The summed E-state index contributed by atoms with van der Waals surface area (Å²) < 4.78 is 30.4. The molecule has 0 bridgehead atoms. The van der Waals surface area contributed by atoms with E-state index >= 15 is 0 Å². The number of benzene rings is 1. The van der Waals surface area contributed by atoms with Crippen LogP contribution in [0.1, 0.15) is 26.2 Å². The van der Waals surface area contributed by atoms with Crippen molar-refractivity contribution in [3.05, 3.63) is 24.3 Å². The Morgan fingerprint density at radius 3 is 2.54 bits per heavy atom. The second-order valence-electron chi connectivity index (χ2n) is 7.00. The summed E-state index contributed by atoms with van der Waals surface area (Å²) in [5, 5.41) is 2.78. The lowest BCUT2D eigenvalue weighted by Crippen LogP contribution is -2.40. The third kappa shape index (κ3) is 6.02. The molecule has 0 spiro atoms. The number of nitrogens with one attached hydrogen (secondary N) is 1. The Hall–Kier alpha value is -1.97. The van der Waals surface area contributed by atoms with Gasteiger partial charge in [-0.1, -0.05) is 0 Å². The minimum Gasteiger partial charge on any atom is -0.466 e. The van der Waals surface area contributed by atoms with Crippen molar-refractivity contribution in [1.82, 2.24) is 9.21 Å². The molecule has 1 amide bonds. The number of likely N-dealkylation sites (tertiary alicyclic amines) is 1. The van der Waals surface area contributed by atoms with Crippen LogP contribution in [0.25, 0.3) is 0 Å². The molecule has 0 aliphatic carbocycles. The number of esters is 1. The van der Waals surface area contributed by atoms with Crippen LogP contribution in [0.4, 0.5) is 5.69 Å². The minimum atomic E-state index is -3.49. The van der Waals surface area contributed by atoms with Gasteiger partial charge in [0, 0.05) is 39.3 Å². The summed E-state index contributed by atoms with van der Waals surface area (Å²) >= 11 is 0. The van der Waals surface area contributed by atoms with Crippen LogP contribution in [0.15, 0.2) is 29.2 Å². The standard InChI is InChI=1S/C19H29N3O5S/c1-4-27-19(24)15-6-5-12-22(14-15)13-11-18(23)20-16-7-9-17(10-8-16)28(25,26)21(2)3/h7-10,15H,4-6,11-14H2,1-3H3,(H,20,23)/t15-/m0/s1. The van der Waals surface area contributed by atoms with Gasteiger partial charge in [0.1, 0.15) is 0 Å². The number of sulfonamides is 1. The van der Waals surface area contributed by atoms with Crippen LogP contribution in [0.2, 0.25) is 0 Å². The Bertz CT molecular complexity index is 777. The molecule has 1 atom stereocenters. The Balaban J connectivity index is 1.83. The number of piperidine rings is 1. The summed E-state index contributed by atoms with van der Waals surface area (Å²) in [6.45, 7) is 4.22. The number of nitrogens with zero attached hydrogens (tertiary/aromatic N) is 2. The summed E-state index contributed by atoms with van der Waals surface area (Å²) in [5.41, 5.74) is 0.547. The second-order valence-corrected chi connectivity index (χ2v) is 9.15. The third-order valence-corrected chi connectivity index (χ3v) is 6.53. The van der Waals surface area contributed by atoms with Crippen molar-refractivity contribution in [3.8, 4) is 0 Å². The van der Waals surface area contributed by atoms with Crippen molar-refractivity contribution in [2.24, 2.45) is 5.92 Å². The van der Waals surface area contributed by atoms with Gasteiger partial charge in [-0.15, -0.1) is 0 Å². The maximum Gasteiger partial charge on any atom is 0.310 e. The van der Waals surface area contributed by atoms with Gasteiger partial charge in [-0.05, 0) is 50.6 Å². The van der Waals surface area contributed by atoms with Gasteiger partial charge in [-0.3, -0.25) is 9.59 Å². The molecule has 8 nitrogen and oxygen atoms in total. The number of carbonyl (C=O) groups is 2. The summed E-state index contributed by atoms with van der Waals surface area (Å²) in [6.07, 6.45) is 2.03. The number of amides is 1. The van der Waals surface area contributed by atoms with Gasteiger partial charge in [-0.2, -0.15) is 0 Å². The molecule has 1 aliphatic rings. The van der Waals surface area contributed by atoms with Crippen LogP contribution in [-0.4, -0.2) is 69.8 Å². The van der Waals surface area contributed by atoms with Crippen molar-refractivity contribution >= 4 is 27.6 Å². The quantitative estimate of drug-likeness (QED) is 0.652. The molecule has 1 fully saturated rings. The van der Waals surface area contributed by atoms with Crippen LogP contribution < -0.4 is 5.32 Å². The number of carbonyl (C=O) groups excluding carboxylic acids is 2. The minimum absolute atomic E-state index is 0.122. The fraction of sp³-hybridized carbons (Fsp3) is 0.579. The zero-order valence-electron chi connectivity index (χ0n) is 16.7. The van der Waals surface area contributed by atoms with Gasteiger partial charge < -0.3 is 15.0 Å². The van der Waals surface area contributed by atoms with Crippen molar-refractivity contribution < 1.29 is 22.7 Å². The smallest absolute Gasteiger partial charge is 0.310 e. The van der Waals surface area contributed by atoms with Crippen molar-refractivity contribution in [1.29, 1.82) is 0 Å². The Labute approximate surface area is 166 Å². The maximum absolute atomic E-state index is 12.2. The molecule has 1 heterocycles. The van der Waals surface area contributed by atoms with Gasteiger partial charge >= 0.3 is 5.97 Å². The molecular formula is C19H29N3O5S. The first-order valence-electron chi connectivity index (χ1n) is 9.45. The lowest BCUT2D eigenvalue weighted by Gasteiger charge is -2.31. The first kappa shape index (κ1) is 22.3. The van der Waals surface area contributed by atoms with Gasteiger partial charge in [0.2, 0.25) is 15.9 Å². The van der Waals surface area contributed by atoms with E-state index in [1.54, 1.807) is 19.1 Å². The van der Waals surface area contributed by atoms with Gasteiger partial charge in [-0.25, -0.2) is 12.7 Å². The predicted octanol–water partition coefficient (Wildman–Crippen LogP) is 1.54. The molecule has 0 saturated carbocycles. The van der Waals surface area contributed by atoms with Crippen molar-refractivity contribution in [3.63, 3.8) is 0 Å². The van der Waals surface area contributed by atoms with E-state index in [9.17, 15) is 18.0 Å². The van der Waals surface area contributed by atoms with E-state index in [1.165, 1.54) is 26.2 Å². The molecule has 1 aliphatic heterocycles. The first-order valence-corrected chi connectivity index (χ1v) is 10.9. The van der Waals surface area contributed by atoms with E-state index in [4.69, 9.17) is 4.74 Å². The summed E-state index contributed by atoms with van der Waals surface area (Å²) in [5.74, 6) is -0.436. The van der Waals surface area contributed by atoms with Gasteiger partial charge in [0.15, 0.2) is 0 Å². The van der Waals surface area contributed by atoms with E-state index in [1.807, 2.05) is 0 Å². The number of anilines is 1. The van der Waals surface area contributed by atoms with Crippen LogP contribution in [0.3, 0.4) is 0 Å². The topological polar surface area (TPSA) is 96.0 Å². The molecule has 0 aromatic heterocycles. The lowest BCUT2D eigenvalue weighted by molar-refractivity contribution is -0.149. The van der Waals surface area contributed by atoms with E-state index < -0.39 is 10.0 Å². The number of rotatable bonds is 8. The molecule has 156 valence electrons. The fourth-order valence-corrected chi connectivity index (χ4v) is 4.02. The largest absolute Gasteiger partial charge is 0.466 e. The predicted molar refractivity (Wildman–Crippen MR) is 106 cm³/mol. The Kier molecular flexibility index (Phi) is 7.97. The zero-order valence-corrected chi connectivity index (χ0v) is 17.5. The molecule has 1 N–H and O–H groups in total. The van der Waals surface area contributed by atoms with E-state index in [0.717, 1.165) is 23.7 Å². The molecule has 0 unspecified atom stereocenters. The van der Waals surface area contributed by atoms with E-state index in [0.29, 0.717) is 31.8 Å². The molecule has 28 heavy (non-hydrogen) atoms. The average Bonchev–Trinajstić information content (AvgIpc) is 2.67. The van der Waals surface area contributed by atoms with Crippen LogP contribution in [0.5, 0.6) is 0 Å². The number of hydrogen-bond donors (Lipinski definition) is 1. The van der Waals surface area contributed by atoms with Crippen LogP contribution in [0, 0.1) is 5.92 Å². The van der Waals surface area contributed by atoms with E-state index in [2.05, 4.69) is 10.2 Å². The molecular weight excluding hydrogens is 382 g/mol.